The number of carbonyl (C=O) groups excluding carboxylic acids is 2. The number of thioether (sulfide) groups is 1. The molecule has 9 nitrogen and oxygen atoms in total. The number of urea groups is 1. The minimum absolute atomic E-state index is 0.0126. The highest BCUT2D eigenvalue weighted by Crippen LogP contribution is 2.33. The number of fused-ring (bicyclic) bond motifs is 1. The van der Waals surface area contributed by atoms with Gasteiger partial charge >= 0.3 is 6.03 Å². The van der Waals surface area contributed by atoms with Crippen LogP contribution in [0, 0.1) is 0 Å². The number of unbranched alkanes of at least 4 members (excludes halogenated alkanes) is 2. The first-order valence-electron chi connectivity index (χ1n) is 8.42. The third-order valence-corrected chi connectivity index (χ3v) is 5.69. The molecule has 2 aliphatic rings. The molecule has 0 spiro atoms. The second-order valence-corrected chi connectivity index (χ2v) is 7.28. The van der Waals surface area contributed by atoms with Crippen LogP contribution in [0.25, 0.3) is 10.4 Å². The highest BCUT2D eigenvalue weighted by atomic mass is 32.2. The van der Waals surface area contributed by atoms with E-state index in [-0.39, 0.29) is 24.0 Å². The van der Waals surface area contributed by atoms with Crippen molar-refractivity contribution in [2.24, 2.45) is 5.11 Å². The van der Waals surface area contributed by atoms with Gasteiger partial charge in [-0.2, -0.15) is 11.8 Å². The molecule has 2 saturated heterocycles. The van der Waals surface area contributed by atoms with Crippen molar-refractivity contribution >= 4 is 23.7 Å². The Balaban J connectivity index is 1.44. The highest BCUT2D eigenvalue weighted by Gasteiger charge is 2.42. The number of nitrogens with one attached hydrogen (secondary N) is 4. The van der Waals surface area contributed by atoms with Crippen molar-refractivity contribution < 1.29 is 9.59 Å². The first kappa shape index (κ1) is 18.7. The van der Waals surface area contributed by atoms with Gasteiger partial charge in [-0.1, -0.05) is 18.0 Å². The van der Waals surface area contributed by atoms with E-state index in [9.17, 15) is 9.59 Å². The van der Waals surface area contributed by atoms with Gasteiger partial charge in [-0.3, -0.25) is 10.2 Å². The van der Waals surface area contributed by atoms with Crippen molar-refractivity contribution in [2.45, 2.75) is 55.9 Å². The number of carbonyl (C=O) groups is 2. The fourth-order valence-electron chi connectivity index (χ4n) is 2.96. The van der Waals surface area contributed by atoms with Crippen LogP contribution in [0.15, 0.2) is 5.11 Å². The summed E-state index contributed by atoms with van der Waals surface area (Å²) >= 11 is 1.92. The molecule has 2 fully saturated rings. The molecule has 0 aromatic heterocycles. The quantitative estimate of drug-likeness (QED) is 0.111. The standard InChI is InChI=1S/C14H25N7O2S/c15-21-17-8-4-7-16-20-12(22)6-3-1-2-5-11-13-10(9-24-11)18-14(23)19-13/h10-11,13,16H,1-9H2,(H,20,22)(H2,18,19,23)/t10?,11-,13?/m0/s1. The van der Waals surface area contributed by atoms with E-state index in [0.717, 1.165) is 31.4 Å². The first-order valence-corrected chi connectivity index (χ1v) is 9.47. The lowest BCUT2D eigenvalue weighted by atomic mass is 10.0. The molecule has 0 aromatic rings. The van der Waals surface area contributed by atoms with Crippen molar-refractivity contribution in [3.8, 4) is 0 Å². The topological polar surface area (TPSA) is 131 Å². The monoisotopic (exact) mass is 355 g/mol. The Kier molecular flexibility index (Phi) is 8.00. The van der Waals surface area contributed by atoms with E-state index in [1.54, 1.807) is 0 Å². The molecule has 2 rings (SSSR count). The van der Waals surface area contributed by atoms with Crippen LogP contribution in [-0.4, -0.2) is 48.1 Å². The van der Waals surface area contributed by atoms with Gasteiger partial charge in [0.25, 0.3) is 0 Å². The summed E-state index contributed by atoms with van der Waals surface area (Å²) in [5.41, 5.74) is 13.6. The molecule has 134 valence electrons. The van der Waals surface area contributed by atoms with E-state index in [1.165, 1.54) is 0 Å². The summed E-state index contributed by atoms with van der Waals surface area (Å²) in [5.74, 6) is 0.975. The van der Waals surface area contributed by atoms with Gasteiger partial charge < -0.3 is 10.6 Å². The number of rotatable bonds is 11. The van der Waals surface area contributed by atoms with E-state index in [2.05, 4.69) is 31.5 Å². The average molecular weight is 355 g/mol. The summed E-state index contributed by atoms with van der Waals surface area (Å²) in [5, 5.41) is 9.84. The minimum atomic E-state index is -0.0427. The van der Waals surface area contributed by atoms with E-state index in [0.29, 0.717) is 31.2 Å². The molecule has 24 heavy (non-hydrogen) atoms. The maximum absolute atomic E-state index is 11.6. The maximum atomic E-state index is 11.6. The lowest BCUT2D eigenvalue weighted by molar-refractivity contribution is -0.122. The Labute approximate surface area is 145 Å². The van der Waals surface area contributed by atoms with Crippen LogP contribution in [0.5, 0.6) is 0 Å². The molecule has 0 radical (unpaired) electrons. The van der Waals surface area contributed by atoms with Gasteiger partial charge in [0.15, 0.2) is 0 Å². The van der Waals surface area contributed by atoms with Crippen LogP contribution in [0.1, 0.15) is 38.5 Å². The van der Waals surface area contributed by atoms with Crippen LogP contribution in [0.4, 0.5) is 4.79 Å². The Morgan fingerprint density at radius 2 is 2.21 bits per heavy atom. The third-order valence-electron chi connectivity index (χ3n) is 4.18. The van der Waals surface area contributed by atoms with Crippen LogP contribution in [0.2, 0.25) is 0 Å². The number of azide groups is 1. The molecule has 3 atom stereocenters. The third kappa shape index (κ3) is 6.10. The molecular weight excluding hydrogens is 330 g/mol. The second-order valence-electron chi connectivity index (χ2n) is 6.00. The fraction of sp³-hybridized carbons (Fsp3) is 0.857. The molecule has 10 heteroatoms. The molecule has 0 saturated carbocycles. The lowest BCUT2D eigenvalue weighted by Gasteiger charge is -2.16. The summed E-state index contributed by atoms with van der Waals surface area (Å²) in [4.78, 5) is 25.6. The summed E-state index contributed by atoms with van der Waals surface area (Å²) < 4.78 is 0. The normalized spacial score (nSPS) is 24.7. The molecule has 0 bridgehead atoms. The summed E-state index contributed by atoms with van der Waals surface area (Å²) in [6, 6.07) is 0.502. The lowest BCUT2D eigenvalue weighted by Crippen LogP contribution is -2.38. The van der Waals surface area contributed by atoms with Crippen molar-refractivity contribution in [1.29, 1.82) is 0 Å². The first-order chi connectivity index (χ1) is 11.7. The average Bonchev–Trinajstić information content (AvgIpc) is 3.10. The van der Waals surface area contributed by atoms with Crippen LogP contribution < -0.4 is 21.5 Å². The van der Waals surface area contributed by atoms with Gasteiger partial charge in [0.1, 0.15) is 0 Å². The van der Waals surface area contributed by atoms with Gasteiger partial charge in [-0.05, 0) is 24.8 Å². The smallest absolute Gasteiger partial charge is 0.315 e. The fourth-order valence-corrected chi connectivity index (χ4v) is 4.50. The number of amides is 3. The molecular formula is C14H25N7O2S. The number of hydrogen-bond acceptors (Lipinski definition) is 5. The predicted molar refractivity (Wildman–Crippen MR) is 93.3 cm³/mol. The Bertz CT molecular complexity index is 484. The predicted octanol–water partition coefficient (Wildman–Crippen LogP) is 1.42. The SMILES string of the molecule is [N-]=[N+]=NCCCNNC(=O)CCCCC[C@@H]1SCC2NC(=O)NC21. The van der Waals surface area contributed by atoms with Crippen LogP contribution >= 0.6 is 11.8 Å². The molecule has 2 unspecified atom stereocenters. The second kappa shape index (κ2) is 10.3. The molecule has 0 aliphatic carbocycles. The Hall–Kier alpha value is -1.64. The molecule has 3 amide bonds. The van der Waals surface area contributed by atoms with E-state index >= 15 is 0 Å². The van der Waals surface area contributed by atoms with Gasteiger partial charge in [0, 0.05) is 35.4 Å². The zero-order valence-electron chi connectivity index (χ0n) is 13.7. The van der Waals surface area contributed by atoms with Crippen LogP contribution in [-0.2, 0) is 4.79 Å². The van der Waals surface area contributed by atoms with Crippen molar-refractivity contribution in [2.75, 3.05) is 18.8 Å². The van der Waals surface area contributed by atoms with E-state index in [4.69, 9.17) is 5.53 Å². The van der Waals surface area contributed by atoms with E-state index < -0.39 is 0 Å². The van der Waals surface area contributed by atoms with Crippen molar-refractivity contribution in [1.82, 2.24) is 21.5 Å². The number of hydrogen-bond donors (Lipinski definition) is 4. The summed E-state index contributed by atoms with van der Waals surface area (Å²) in [6.07, 6.45) is 5.22. The van der Waals surface area contributed by atoms with E-state index in [1.807, 2.05) is 11.8 Å². The zero-order chi connectivity index (χ0) is 17.2. The largest absolute Gasteiger partial charge is 0.332 e. The van der Waals surface area contributed by atoms with Crippen molar-refractivity contribution in [3.63, 3.8) is 0 Å². The molecule has 0 aromatic carbocycles. The number of hydrazine groups is 1. The van der Waals surface area contributed by atoms with Gasteiger partial charge in [-0.15, -0.1) is 0 Å². The van der Waals surface area contributed by atoms with Gasteiger partial charge in [0.2, 0.25) is 5.91 Å². The number of nitrogens with zero attached hydrogens (tertiary/aromatic N) is 3. The van der Waals surface area contributed by atoms with Crippen molar-refractivity contribution in [3.05, 3.63) is 10.4 Å². The zero-order valence-corrected chi connectivity index (χ0v) is 14.5. The van der Waals surface area contributed by atoms with Gasteiger partial charge in [0.05, 0.1) is 12.1 Å². The Morgan fingerprint density at radius 1 is 1.33 bits per heavy atom. The summed E-state index contributed by atoms with van der Waals surface area (Å²) in [6.45, 7) is 1.02. The summed E-state index contributed by atoms with van der Waals surface area (Å²) in [7, 11) is 0. The van der Waals surface area contributed by atoms with Crippen LogP contribution in [0.3, 0.4) is 0 Å². The molecule has 4 N–H and O–H groups in total. The highest BCUT2D eigenvalue weighted by molar-refractivity contribution is 8.00. The minimum Gasteiger partial charge on any atom is -0.332 e. The maximum Gasteiger partial charge on any atom is 0.315 e. The van der Waals surface area contributed by atoms with Gasteiger partial charge in [-0.25, -0.2) is 10.2 Å². The molecule has 2 heterocycles. The molecule has 2 aliphatic heterocycles. The Morgan fingerprint density at radius 3 is 3.04 bits per heavy atom.